The zero-order valence-corrected chi connectivity index (χ0v) is 12.6. The van der Waals surface area contributed by atoms with E-state index >= 15 is 0 Å². The van der Waals surface area contributed by atoms with E-state index in [4.69, 9.17) is 0 Å². The Bertz CT molecular complexity index is 591. The van der Waals surface area contributed by atoms with Crippen LogP contribution in [0.2, 0.25) is 0 Å². The zero-order chi connectivity index (χ0) is 14.1. The van der Waals surface area contributed by atoms with Crippen molar-refractivity contribution in [3.63, 3.8) is 0 Å². The Morgan fingerprint density at radius 2 is 1.85 bits per heavy atom. The summed E-state index contributed by atoms with van der Waals surface area (Å²) >= 11 is 0. The number of anilines is 1. The van der Waals surface area contributed by atoms with Gasteiger partial charge >= 0.3 is 0 Å². The summed E-state index contributed by atoms with van der Waals surface area (Å²) in [5, 5.41) is 6.26. The zero-order valence-electron chi connectivity index (χ0n) is 12.6. The Morgan fingerprint density at radius 1 is 1.10 bits per heavy atom. The highest BCUT2D eigenvalue weighted by Gasteiger charge is 2.28. The first-order valence-corrected chi connectivity index (χ1v) is 7.64. The van der Waals surface area contributed by atoms with Gasteiger partial charge in [0.15, 0.2) is 0 Å². The Morgan fingerprint density at radius 3 is 2.60 bits per heavy atom. The number of rotatable bonds is 2. The highest BCUT2D eigenvalue weighted by molar-refractivity contribution is 5.85. The van der Waals surface area contributed by atoms with Gasteiger partial charge in [-0.15, -0.1) is 0 Å². The van der Waals surface area contributed by atoms with Gasteiger partial charge in [-0.2, -0.15) is 0 Å². The lowest BCUT2D eigenvalue weighted by Gasteiger charge is -2.43. The Balaban J connectivity index is 1.98. The summed E-state index contributed by atoms with van der Waals surface area (Å²) in [7, 11) is 0. The number of fused-ring (bicyclic) bond motifs is 1. The van der Waals surface area contributed by atoms with E-state index < -0.39 is 0 Å². The van der Waals surface area contributed by atoms with Gasteiger partial charge < -0.3 is 10.2 Å². The predicted octanol–water partition coefficient (Wildman–Crippen LogP) is 3.66. The molecule has 0 spiro atoms. The molecule has 0 amide bonds. The molecule has 2 aromatic carbocycles. The van der Waals surface area contributed by atoms with Crippen LogP contribution in [0, 0.1) is 5.92 Å². The predicted molar refractivity (Wildman–Crippen MR) is 87.4 cm³/mol. The highest BCUT2D eigenvalue weighted by atomic mass is 15.2. The Labute approximate surface area is 121 Å². The SMILES string of the molecule is CC1CN(c2ccc3ccccc3c2)C(C(C)C)CN1. The molecular formula is C18H24N2. The van der Waals surface area contributed by atoms with Crippen LogP contribution in [0.4, 0.5) is 5.69 Å². The summed E-state index contributed by atoms with van der Waals surface area (Å²) in [6.45, 7) is 9.06. The van der Waals surface area contributed by atoms with Crippen LogP contribution in [-0.2, 0) is 0 Å². The van der Waals surface area contributed by atoms with Gasteiger partial charge in [-0.3, -0.25) is 0 Å². The first-order chi connectivity index (χ1) is 9.65. The second kappa shape index (κ2) is 5.45. The van der Waals surface area contributed by atoms with Crippen LogP contribution >= 0.6 is 0 Å². The van der Waals surface area contributed by atoms with Crippen molar-refractivity contribution in [1.29, 1.82) is 0 Å². The molecule has 2 atom stereocenters. The minimum atomic E-state index is 0.552. The number of piperazine rings is 1. The topological polar surface area (TPSA) is 15.3 Å². The van der Waals surface area contributed by atoms with Crippen LogP contribution in [0.15, 0.2) is 42.5 Å². The molecule has 1 saturated heterocycles. The quantitative estimate of drug-likeness (QED) is 0.894. The average Bonchev–Trinajstić information content (AvgIpc) is 2.46. The van der Waals surface area contributed by atoms with Crippen molar-refractivity contribution >= 4 is 16.5 Å². The van der Waals surface area contributed by atoms with Crippen molar-refractivity contribution in [2.24, 2.45) is 5.92 Å². The summed E-state index contributed by atoms with van der Waals surface area (Å²) in [5.74, 6) is 0.654. The van der Waals surface area contributed by atoms with Crippen LogP contribution in [0.25, 0.3) is 10.8 Å². The lowest BCUT2D eigenvalue weighted by atomic mass is 9.97. The van der Waals surface area contributed by atoms with Crippen molar-refractivity contribution in [1.82, 2.24) is 5.32 Å². The molecule has 1 aliphatic rings. The second-order valence-corrected chi connectivity index (χ2v) is 6.30. The van der Waals surface area contributed by atoms with Crippen LogP contribution < -0.4 is 10.2 Å². The Hall–Kier alpha value is -1.54. The molecule has 3 rings (SSSR count). The number of nitrogens with zero attached hydrogens (tertiary/aromatic N) is 1. The van der Waals surface area contributed by atoms with E-state index in [1.165, 1.54) is 16.5 Å². The van der Waals surface area contributed by atoms with E-state index in [0.717, 1.165) is 13.1 Å². The van der Waals surface area contributed by atoms with Gasteiger partial charge in [0.05, 0.1) is 0 Å². The minimum Gasteiger partial charge on any atom is -0.365 e. The third kappa shape index (κ3) is 2.53. The molecule has 0 bridgehead atoms. The van der Waals surface area contributed by atoms with Crippen molar-refractivity contribution in [2.45, 2.75) is 32.9 Å². The van der Waals surface area contributed by atoms with Crippen molar-refractivity contribution in [2.75, 3.05) is 18.0 Å². The van der Waals surface area contributed by atoms with Crippen LogP contribution in [0.1, 0.15) is 20.8 Å². The Kier molecular flexibility index (Phi) is 3.66. The van der Waals surface area contributed by atoms with Gasteiger partial charge in [-0.25, -0.2) is 0 Å². The largest absolute Gasteiger partial charge is 0.365 e. The molecule has 1 N–H and O–H groups in total. The average molecular weight is 268 g/mol. The third-order valence-corrected chi connectivity index (χ3v) is 4.38. The summed E-state index contributed by atoms with van der Waals surface area (Å²) < 4.78 is 0. The maximum absolute atomic E-state index is 3.61. The first kappa shape index (κ1) is 13.4. The number of hydrogen-bond acceptors (Lipinski definition) is 2. The summed E-state index contributed by atoms with van der Waals surface area (Å²) in [6, 6.07) is 16.6. The smallest absolute Gasteiger partial charge is 0.0438 e. The van der Waals surface area contributed by atoms with E-state index in [9.17, 15) is 0 Å². The van der Waals surface area contributed by atoms with Crippen LogP contribution in [0.3, 0.4) is 0 Å². The van der Waals surface area contributed by atoms with Crippen molar-refractivity contribution in [3.8, 4) is 0 Å². The molecule has 1 aliphatic heterocycles. The lowest BCUT2D eigenvalue weighted by Crippen LogP contribution is -2.57. The van der Waals surface area contributed by atoms with E-state index in [0.29, 0.717) is 18.0 Å². The summed E-state index contributed by atoms with van der Waals surface area (Å²) in [4.78, 5) is 2.58. The van der Waals surface area contributed by atoms with E-state index in [1.54, 1.807) is 0 Å². The molecule has 0 aliphatic carbocycles. The maximum Gasteiger partial charge on any atom is 0.0438 e. The van der Waals surface area contributed by atoms with Gasteiger partial charge in [0.2, 0.25) is 0 Å². The van der Waals surface area contributed by atoms with Gasteiger partial charge in [-0.1, -0.05) is 44.2 Å². The fraction of sp³-hybridized carbons (Fsp3) is 0.444. The standard InChI is InChI=1S/C18H24N2/c1-13(2)18-11-19-14(3)12-20(18)17-9-8-15-6-4-5-7-16(15)10-17/h4-10,13-14,18-19H,11-12H2,1-3H3. The molecule has 2 heteroatoms. The molecule has 2 nitrogen and oxygen atoms in total. The van der Waals surface area contributed by atoms with Gasteiger partial charge in [0.25, 0.3) is 0 Å². The molecular weight excluding hydrogens is 244 g/mol. The minimum absolute atomic E-state index is 0.552. The highest BCUT2D eigenvalue weighted by Crippen LogP contribution is 2.27. The monoisotopic (exact) mass is 268 g/mol. The molecule has 1 fully saturated rings. The van der Waals surface area contributed by atoms with E-state index in [-0.39, 0.29) is 0 Å². The molecule has 1 heterocycles. The summed E-state index contributed by atoms with van der Waals surface area (Å²) in [5.41, 5.74) is 1.36. The number of hydrogen-bond donors (Lipinski definition) is 1. The normalized spacial score (nSPS) is 23.5. The van der Waals surface area contributed by atoms with E-state index in [2.05, 4.69) is 73.5 Å². The van der Waals surface area contributed by atoms with Gasteiger partial charge in [-0.05, 0) is 35.7 Å². The van der Waals surface area contributed by atoms with Crippen LogP contribution in [-0.4, -0.2) is 25.2 Å². The lowest BCUT2D eigenvalue weighted by molar-refractivity contribution is 0.349. The molecule has 0 saturated carbocycles. The maximum atomic E-state index is 3.61. The van der Waals surface area contributed by atoms with Crippen LogP contribution in [0.5, 0.6) is 0 Å². The number of benzene rings is 2. The fourth-order valence-corrected chi connectivity index (χ4v) is 3.17. The molecule has 2 aromatic rings. The van der Waals surface area contributed by atoms with Crippen molar-refractivity contribution in [3.05, 3.63) is 42.5 Å². The molecule has 20 heavy (non-hydrogen) atoms. The molecule has 106 valence electrons. The van der Waals surface area contributed by atoms with Crippen molar-refractivity contribution < 1.29 is 0 Å². The molecule has 0 aromatic heterocycles. The molecule has 2 unspecified atom stereocenters. The first-order valence-electron chi connectivity index (χ1n) is 7.64. The third-order valence-electron chi connectivity index (χ3n) is 4.38. The van der Waals surface area contributed by atoms with Gasteiger partial charge in [0.1, 0.15) is 0 Å². The second-order valence-electron chi connectivity index (χ2n) is 6.30. The fourth-order valence-electron chi connectivity index (χ4n) is 3.17. The number of nitrogens with one attached hydrogen (secondary N) is 1. The summed E-state index contributed by atoms with van der Waals surface area (Å²) in [6.07, 6.45) is 0. The molecule has 0 radical (unpaired) electrons. The van der Waals surface area contributed by atoms with E-state index in [1.807, 2.05) is 0 Å². The van der Waals surface area contributed by atoms with Gasteiger partial charge in [0, 0.05) is 30.9 Å².